The van der Waals surface area contributed by atoms with E-state index in [1.165, 1.54) is 7.11 Å². The van der Waals surface area contributed by atoms with Crippen molar-refractivity contribution in [3.05, 3.63) is 17.7 Å². The van der Waals surface area contributed by atoms with Crippen LogP contribution in [-0.4, -0.2) is 18.8 Å². The normalized spacial score (nSPS) is 9.86. The average molecular weight is 215 g/mol. The predicted molar refractivity (Wildman–Crippen MR) is 56.9 cm³/mol. The summed E-state index contributed by atoms with van der Waals surface area (Å²) >= 11 is 5.44. The summed E-state index contributed by atoms with van der Waals surface area (Å²) in [4.78, 5) is 11.4. The number of nitrogens with two attached hydrogens (primary N) is 2. The maximum absolute atomic E-state index is 11.4. The second-order valence-corrected chi connectivity index (χ2v) is 2.97. The monoisotopic (exact) mass is 214 g/mol. The Balaban J connectivity index is 3.35. The van der Waals surface area contributed by atoms with E-state index >= 15 is 0 Å². The van der Waals surface area contributed by atoms with Crippen LogP contribution in [0, 0.1) is 0 Å². The fraction of sp³-hybridized carbons (Fsp3) is 0.222. The van der Waals surface area contributed by atoms with Crippen molar-refractivity contribution in [1.82, 2.24) is 0 Å². The zero-order chi connectivity index (χ0) is 10.7. The number of rotatable bonds is 3. The number of carbonyl (C=O) groups excluding carboxylic acids is 1. The molecule has 0 amide bonds. The third-order valence-electron chi connectivity index (χ3n) is 1.86. The molecule has 0 aromatic heterocycles. The molecule has 0 aliphatic carbocycles. The summed E-state index contributed by atoms with van der Waals surface area (Å²) in [5.41, 5.74) is 12.0. The standard InChI is InChI=1S/C9H11ClN2O2/c1-14-7-3-2-5(11)9(12)8(7)6(13)4-10/h2-3H,4,11-12H2,1H3. The van der Waals surface area contributed by atoms with E-state index in [1.807, 2.05) is 0 Å². The van der Waals surface area contributed by atoms with Crippen molar-refractivity contribution >= 4 is 28.8 Å². The molecule has 76 valence electrons. The Hall–Kier alpha value is -1.42. The molecule has 0 spiro atoms. The van der Waals surface area contributed by atoms with Gasteiger partial charge in [0, 0.05) is 0 Å². The van der Waals surface area contributed by atoms with Gasteiger partial charge in [-0.2, -0.15) is 0 Å². The Morgan fingerprint density at radius 1 is 1.50 bits per heavy atom. The Bertz CT molecular complexity index is 366. The van der Waals surface area contributed by atoms with Gasteiger partial charge in [-0.25, -0.2) is 0 Å². The number of hydrogen-bond acceptors (Lipinski definition) is 4. The second-order valence-electron chi connectivity index (χ2n) is 2.70. The van der Waals surface area contributed by atoms with Crippen molar-refractivity contribution in [1.29, 1.82) is 0 Å². The first-order valence-corrected chi connectivity index (χ1v) is 4.46. The van der Waals surface area contributed by atoms with Crippen LogP contribution in [-0.2, 0) is 0 Å². The lowest BCUT2D eigenvalue weighted by Gasteiger charge is -2.10. The third-order valence-corrected chi connectivity index (χ3v) is 2.10. The van der Waals surface area contributed by atoms with Gasteiger partial charge < -0.3 is 16.2 Å². The molecule has 0 aliphatic rings. The van der Waals surface area contributed by atoms with Crippen LogP contribution in [0.3, 0.4) is 0 Å². The summed E-state index contributed by atoms with van der Waals surface area (Å²) < 4.78 is 4.99. The molecule has 0 unspecified atom stereocenters. The van der Waals surface area contributed by atoms with E-state index in [4.69, 9.17) is 27.8 Å². The Morgan fingerprint density at radius 2 is 2.14 bits per heavy atom. The molecule has 0 fully saturated rings. The van der Waals surface area contributed by atoms with Gasteiger partial charge in [-0.15, -0.1) is 11.6 Å². The first-order chi connectivity index (χ1) is 6.61. The SMILES string of the molecule is COc1ccc(N)c(N)c1C(=O)CCl. The minimum atomic E-state index is -0.298. The molecular formula is C9H11ClN2O2. The molecule has 1 aromatic carbocycles. The van der Waals surface area contributed by atoms with E-state index in [0.29, 0.717) is 11.4 Å². The summed E-state index contributed by atoms with van der Waals surface area (Å²) in [6.45, 7) is 0. The van der Waals surface area contributed by atoms with E-state index in [9.17, 15) is 4.79 Å². The van der Waals surface area contributed by atoms with Crippen molar-refractivity contribution < 1.29 is 9.53 Å². The molecule has 0 radical (unpaired) electrons. The van der Waals surface area contributed by atoms with Crippen LogP contribution in [0.2, 0.25) is 0 Å². The highest BCUT2D eigenvalue weighted by Crippen LogP contribution is 2.29. The number of anilines is 2. The van der Waals surface area contributed by atoms with Crippen molar-refractivity contribution in [3.8, 4) is 5.75 Å². The third kappa shape index (κ3) is 1.75. The van der Waals surface area contributed by atoms with Gasteiger partial charge in [-0.05, 0) is 12.1 Å². The van der Waals surface area contributed by atoms with Gasteiger partial charge in [-0.3, -0.25) is 4.79 Å². The maximum Gasteiger partial charge on any atom is 0.183 e. The van der Waals surface area contributed by atoms with Crippen LogP contribution in [0.25, 0.3) is 0 Å². The molecule has 4 nitrogen and oxygen atoms in total. The van der Waals surface area contributed by atoms with Gasteiger partial charge >= 0.3 is 0 Å². The molecule has 0 saturated heterocycles. The van der Waals surface area contributed by atoms with Crippen LogP contribution in [0.1, 0.15) is 10.4 Å². The Labute approximate surface area is 86.8 Å². The maximum atomic E-state index is 11.4. The molecule has 0 aliphatic heterocycles. The topological polar surface area (TPSA) is 78.3 Å². The van der Waals surface area contributed by atoms with Gasteiger partial charge in [-0.1, -0.05) is 0 Å². The van der Waals surface area contributed by atoms with Crippen LogP contribution < -0.4 is 16.2 Å². The lowest BCUT2D eigenvalue weighted by atomic mass is 10.1. The van der Waals surface area contributed by atoms with Gasteiger partial charge in [0.25, 0.3) is 0 Å². The summed E-state index contributed by atoms with van der Waals surface area (Å²) in [6, 6.07) is 3.17. The zero-order valence-electron chi connectivity index (χ0n) is 7.71. The average Bonchev–Trinajstić information content (AvgIpc) is 2.20. The van der Waals surface area contributed by atoms with Crippen molar-refractivity contribution in [2.75, 3.05) is 24.5 Å². The van der Waals surface area contributed by atoms with E-state index in [0.717, 1.165) is 0 Å². The van der Waals surface area contributed by atoms with E-state index in [-0.39, 0.29) is 22.9 Å². The molecule has 0 saturated carbocycles. The first-order valence-electron chi connectivity index (χ1n) is 3.93. The number of ketones is 1. The summed E-state index contributed by atoms with van der Waals surface area (Å²) in [7, 11) is 1.45. The number of benzene rings is 1. The molecule has 1 aromatic rings. The molecule has 0 bridgehead atoms. The van der Waals surface area contributed by atoms with E-state index in [1.54, 1.807) is 12.1 Å². The number of carbonyl (C=O) groups is 1. The summed E-state index contributed by atoms with van der Waals surface area (Å²) in [5.74, 6) is -0.0556. The zero-order valence-corrected chi connectivity index (χ0v) is 8.47. The number of nitrogen functional groups attached to an aromatic ring is 2. The van der Waals surface area contributed by atoms with Crippen LogP contribution >= 0.6 is 11.6 Å². The van der Waals surface area contributed by atoms with Crippen LogP contribution in [0.15, 0.2) is 12.1 Å². The van der Waals surface area contributed by atoms with Crippen molar-refractivity contribution in [2.45, 2.75) is 0 Å². The Morgan fingerprint density at radius 3 is 2.64 bits per heavy atom. The van der Waals surface area contributed by atoms with Gasteiger partial charge in [0.05, 0.1) is 29.9 Å². The highest BCUT2D eigenvalue weighted by molar-refractivity contribution is 6.31. The molecule has 5 heteroatoms. The van der Waals surface area contributed by atoms with Gasteiger partial charge in [0.2, 0.25) is 0 Å². The number of Topliss-reactive ketones (excluding diaryl/α,β-unsaturated/α-hetero) is 1. The lowest BCUT2D eigenvalue weighted by molar-refractivity contribution is 0.101. The molecule has 14 heavy (non-hydrogen) atoms. The molecular weight excluding hydrogens is 204 g/mol. The molecule has 0 heterocycles. The lowest BCUT2D eigenvalue weighted by Crippen LogP contribution is -2.09. The van der Waals surface area contributed by atoms with Crippen LogP contribution in [0.4, 0.5) is 11.4 Å². The number of hydrogen-bond donors (Lipinski definition) is 2. The smallest absolute Gasteiger partial charge is 0.183 e. The fourth-order valence-corrected chi connectivity index (χ4v) is 1.27. The molecule has 1 rings (SSSR count). The largest absolute Gasteiger partial charge is 0.496 e. The molecule has 0 atom stereocenters. The minimum Gasteiger partial charge on any atom is -0.496 e. The van der Waals surface area contributed by atoms with Gasteiger partial charge in [0.1, 0.15) is 5.75 Å². The van der Waals surface area contributed by atoms with Crippen LogP contribution in [0.5, 0.6) is 5.75 Å². The quantitative estimate of drug-likeness (QED) is 0.451. The van der Waals surface area contributed by atoms with E-state index in [2.05, 4.69) is 0 Å². The van der Waals surface area contributed by atoms with Crippen molar-refractivity contribution in [3.63, 3.8) is 0 Å². The highest BCUT2D eigenvalue weighted by Gasteiger charge is 2.16. The number of ether oxygens (including phenoxy) is 1. The minimum absolute atomic E-state index is 0.149. The molecule has 4 N–H and O–H groups in total. The fourth-order valence-electron chi connectivity index (χ4n) is 1.14. The number of alkyl halides is 1. The van der Waals surface area contributed by atoms with Crippen molar-refractivity contribution in [2.24, 2.45) is 0 Å². The highest BCUT2D eigenvalue weighted by atomic mass is 35.5. The summed E-state index contributed by atoms with van der Waals surface area (Å²) in [5, 5.41) is 0. The first kappa shape index (κ1) is 10.7. The Kier molecular flexibility index (Phi) is 3.19. The number of halogens is 1. The second kappa shape index (κ2) is 4.19. The predicted octanol–water partition coefficient (Wildman–Crippen LogP) is 1.28. The van der Waals surface area contributed by atoms with E-state index < -0.39 is 0 Å². The van der Waals surface area contributed by atoms with Gasteiger partial charge in [0.15, 0.2) is 5.78 Å². The summed E-state index contributed by atoms with van der Waals surface area (Å²) in [6.07, 6.45) is 0. The number of methoxy groups -OCH3 is 1.